The number of H-pyrrole nitrogens is 1. The monoisotopic (exact) mass is 425 g/mol. The number of amides is 1. The second-order valence-electron chi connectivity index (χ2n) is 11.2. The number of aromatic nitrogens is 2. The van der Waals surface area contributed by atoms with Gasteiger partial charge in [0, 0.05) is 42.4 Å². The van der Waals surface area contributed by atoms with Gasteiger partial charge in [0.05, 0.1) is 11.7 Å². The molecule has 1 aromatic heterocycles. The van der Waals surface area contributed by atoms with Gasteiger partial charge in [-0.05, 0) is 68.3 Å². The minimum absolute atomic E-state index is 0.0134. The Bertz CT molecular complexity index is 938. The molecular formula is C25H35N3O3. The third-order valence-electron chi connectivity index (χ3n) is 9.73. The number of hydrogen-bond acceptors (Lipinski definition) is 3. The van der Waals surface area contributed by atoms with Gasteiger partial charge in [-0.3, -0.25) is 9.59 Å². The Balaban J connectivity index is 1.42. The van der Waals surface area contributed by atoms with Crippen molar-refractivity contribution in [1.29, 1.82) is 0 Å². The van der Waals surface area contributed by atoms with Gasteiger partial charge >= 0.3 is 5.97 Å². The van der Waals surface area contributed by atoms with Gasteiger partial charge in [0.25, 0.3) is 5.91 Å². The normalized spacial score (nSPS) is 39.8. The number of carboxylic acids is 1. The zero-order valence-corrected chi connectivity index (χ0v) is 19.0. The fourth-order valence-electron chi connectivity index (χ4n) is 8.25. The van der Waals surface area contributed by atoms with Gasteiger partial charge in [0.2, 0.25) is 0 Å². The molecule has 0 bridgehead atoms. The van der Waals surface area contributed by atoms with Crippen LogP contribution in [0.4, 0.5) is 0 Å². The lowest BCUT2D eigenvalue weighted by atomic mass is 9.40. The Labute approximate surface area is 184 Å². The molecule has 5 rings (SSSR count). The number of carbonyl (C=O) groups excluding carboxylic acids is 1. The molecule has 0 saturated heterocycles. The van der Waals surface area contributed by atoms with E-state index in [0.717, 1.165) is 69.2 Å². The van der Waals surface area contributed by atoms with Gasteiger partial charge in [-0.25, -0.2) is 4.98 Å². The molecule has 1 aromatic rings. The molecule has 6 nitrogen and oxygen atoms in total. The molecule has 1 aliphatic heterocycles. The molecule has 2 heterocycles. The summed E-state index contributed by atoms with van der Waals surface area (Å²) in [5.74, 6) is 0.165. The van der Waals surface area contributed by atoms with Crippen LogP contribution in [0.1, 0.15) is 71.4 Å². The van der Waals surface area contributed by atoms with E-state index in [1.165, 1.54) is 5.57 Å². The van der Waals surface area contributed by atoms with E-state index >= 15 is 0 Å². The number of nitrogens with one attached hydrogen (secondary N) is 1. The lowest BCUT2D eigenvalue weighted by molar-refractivity contribution is -0.175. The molecule has 5 unspecified atom stereocenters. The highest BCUT2D eigenvalue weighted by Gasteiger charge is 2.64. The number of aromatic amines is 1. The van der Waals surface area contributed by atoms with Gasteiger partial charge in [0.15, 0.2) is 0 Å². The number of carbonyl (C=O) groups is 2. The fourth-order valence-corrected chi connectivity index (χ4v) is 8.25. The molecule has 5 atom stereocenters. The maximum Gasteiger partial charge on any atom is 0.309 e. The standard InChI is InChI=1S/C25H35N3O3/c1-23-9-4-10-25(3,22(30)31)19(23)7-11-24(2)18(23)6-5-16-14-28(21(29)20(16)24)12-8-17-13-26-15-27-17/h13,15,18-19H,4-12,14H2,1-3H3,(H,26,27)(H,30,31). The predicted octanol–water partition coefficient (Wildman–Crippen LogP) is 4.20. The van der Waals surface area contributed by atoms with Crippen LogP contribution in [0.3, 0.4) is 0 Å². The second kappa shape index (κ2) is 6.94. The van der Waals surface area contributed by atoms with E-state index in [0.29, 0.717) is 12.5 Å². The summed E-state index contributed by atoms with van der Waals surface area (Å²) in [6.07, 6.45) is 11.0. The van der Waals surface area contributed by atoms with E-state index in [4.69, 9.17) is 0 Å². The zero-order valence-electron chi connectivity index (χ0n) is 19.0. The Hall–Kier alpha value is -2.11. The molecule has 3 aliphatic carbocycles. The molecule has 0 aromatic carbocycles. The first kappa shape index (κ1) is 20.8. The van der Waals surface area contributed by atoms with E-state index < -0.39 is 11.4 Å². The number of rotatable bonds is 4. The molecule has 168 valence electrons. The fraction of sp³-hybridized carbons (Fsp3) is 0.720. The first-order valence-corrected chi connectivity index (χ1v) is 11.9. The highest BCUT2D eigenvalue weighted by atomic mass is 16.4. The van der Waals surface area contributed by atoms with Crippen LogP contribution in [-0.2, 0) is 16.0 Å². The lowest BCUT2D eigenvalue weighted by Crippen LogP contribution is -2.59. The molecule has 2 fully saturated rings. The molecular weight excluding hydrogens is 390 g/mol. The van der Waals surface area contributed by atoms with E-state index in [1.54, 1.807) is 6.33 Å². The molecule has 0 spiro atoms. The number of aliphatic carboxylic acids is 1. The third kappa shape index (κ3) is 2.86. The molecule has 0 radical (unpaired) electrons. The van der Waals surface area contributed by atoms with Gasteiger partial charge in [-0.2, -0.15) is 0 Å². The molecule has 1 amide bonds. The number of nitrogens with zero attached hydrogens (tertiary/aromatic N) is 2. The van der Waals surface area contributed by atoms with E-state index in [-0.39, 0.29) is 22.7 Å². The molecule has 6 heteroatoms. The maximum atomic E-state index is 13.6. The zero-order chi connectivity index (χ0) is 22.0. The molecule has 4 aliphatic rings. The summed E-state index contributed by atoms with van der Waals surface area (Å²) in [4.78, 5) is 35.1. The Morgan fingerprint density at radius 2 is 2.03 bits per heavy atom. The summed E-state index contributed by atoms with van der Waals surface area (Å²) in [5, 5.41) is 10.1. The van der Waals surface area contributed by atoms with Crippen molar-refractivity contribution in [2.45, 2.75) is 72.1 Å². The van der Waals surface area contributed by atoms with Crippen LogP contribution in [0.5, 0.6) is 0 Å². The summed E-state index contributed by atoms with van der Waals surface area (Å²) in [6.45, 7) is 8.12. The van der Waals surface area contributed by atoms with Crippen LogP contribution in [-0.4, -0.2) is 44.9 Å². The Morgan fingerprint density at radius 1 is 1.23 bits per heavy atom. The highest BCUT2D eigenvalue weighted by molar-refractivity contribution is 5.98. The van der Waals surface area contributed by atoms with Crippen molar-refractivity contribution in [3.8, 4) is 0 Å². The van der Waals surface area contributed by atoms with Gasteiger partial charge < -0.3 is 15.0 Å². The lowest BCUT2D eigenvalue weighted by Gasteiger charge is -2.63. The van der Waals surface area contributed by atoms with Crippen molar-refractivity contribution in [2.24, 2.45) is 28.1 Å². The number of carboxylic acid groups (broad SMARTS) is 1. The van der Waals surface area contributed by atoms with Crippen LogP contribution < -0.4 is 0 Å². The van der Waals surface area contributed by atoms with Gasteiger partial charge in [-0.15, -0.1) is 0 Å². The molecule has 31 heavy (non-hydrogen) atoms. The number of fused-ring (bicyclic) bond motifs is 4. The minimum Gasteiger partial charge on any atom is -0.481 e. The topological polar surface area (TPSA) is 86.3 Å². The quantitative estimate of drug-likeness (QED) is 0.757. The largest absolute Gasteiger partial charge is 0.481 e. The maximum absolute atomic E-state index is 13.6. The smallest absolute Gasteiger partial charge is 0.309 e. The summed E-state index contributed by atoms with van der Waals surface area (Å²) < 4.78 is 0. The van der Waals surface area contributed by atoms with Crippen molar-refractivity contribution < 1.29 is 14.7 Å². The number of imidazole rings is 1. The third-order valence-corrected chi connectivity index (χ3v) is 9.73. The summed E-state index contributed by atoms with van der Waals surface area (Å²) in [7, 11) is 0. The van der Waals surface area contributed by atoms with Crippen molar-refractivity contribution in [3.63, 3.8) is 0 Å². The van der Waals surface area contributed by atoms with Crippen molar-refractivity contribution >= 4 is 11.9 Å². The van der Waals surface area contributed by atoms with Gasteiger partial charge in [0.1, 0.15) is 0 Å². The van der Waals surface area contributed by atoms with Crippen LogP contribution in [0, 0.1) is 28.1 Å². The molecule has 2 saturated carbocycles. The van der Waals surface area contributed by atoms with Crippen molar-refractivity contribution in [3.05, 3.63) is 29.4 Å². The average molecular weight is 426 g/mol. The first-order valence-electron chi connectivity index (χ1n) is 11.9. The highest BCUT2D eigenvalue weighted by Crippen LogP contribution is 2.69. The van der Waals surface area contributed by atoms with Crippen LogP contribution >= 0.6 is 0 Å². The Morgan fingerprint density at radius 3 is 2.74 bits per heavy atom. The van der Waals surface area contributed by atoms with Crippen LogP contribution in [0.2, 0.25) is 0 Å². The van der Waals surface area contributed by atoms with Crippen LogP contribution in [0.15, 0.2) is 23.7 Å². The van der Waals surface area contributed by atoms with Gasteiger partial charge in [-0.1, -0.05) is 20.3 Å². The second-order valence-corrected chi connectivity index (χ2v) is 11.2. The van der Waals surface area contributed by atoms with E-state index in [1.807, 2.05) is 18.0 Å². The first-order chi connectivity index (χ1) is 14.7. The van der Waals surface area contributed by atoms with Crippen molar-refractivity contribution in [2.75, 3.05) is 13.1 Å². The SMILES string of the molecule is CC1(C(=O)O)CCCC2(C)C1CCC1(C)C3=C(CCC12)CN(CCc1cnc[nH]1)C3=O. The number of hydrogen-bond donors (Lipinski definition) is 2. The van der Waals surface area contributed by atoms with E-state index in [2.05, 4.69) is 23.8 Å². The Kier molecular flexibility index (Phi) is 4.65. The minimum atomic E-state index is -0.640. The average Bonchev–Trinajstić information content (AvgIpc) is 3.34. The van der Waals surface area contributed by atoms with Crippen molar-refractivity contribution in [1.82, 2.24) is 14.9 Å². The van der Waals surface area contributed by atoms with Crippen LogP contribution in [0.25, 0.3) is 0 Å². The summed E-state index contributed by atoms with van der Waals surface area (Å²) in [5.41, 5.74) is 2.70. The summed E-state index contributed by atoms with van der Waals surface area (Å²) >= 11 is 0. The molecule has 2 N–H and O–H groups in total. The predicted molar refractivity (Wildman–Crippen MR) is 117 cm³/mol. The van der Waals surface area contributed by atoms with E-state index in [9.17, 15) is 14.7 Å². The summed E-state index contributed by atoms with van der Waals surface area (Å²) in [6, 6.07) is 0.